The summed E-state index contributed by atoms with van der Waals surface area (Å²) < 4.78 is 18.4. The second kappa shape index (κ2) is 6.00. The van der Waals surface area contributed by atoms with Gasteiger partial charge in [0, 0.05) is 11.0 Å². The minimum atomic E-state index is -0.920. The maximum atomic E-state index is 13.4. The van der Waals surface area contributed by atoms with E-state index in [4.69, 9.17) is 9.84 Å². The first-order valence-electron chi connectivity index (χ1n) is 4.93. The molecule has 0 unspecified atom stereocenters. The fourth-order valence-corrected chi connectivity index (χ4v) is 1.72. The minimum absolute atomic E-state index is 0. The number of carboxylic acids is 1. The summed E-state index contributed by atoms with van der Waals surface area (Å²) in [4.78, 5) is 10.7. The third-order valence-corrected chi connectivity index (χ3v) is 2.49. The second-order valence-electron chi connectivity index (χ2n) is 4.28. The van der Waals surface area contributed by atoms with E-state index in [1.807, 2.05) is 0 Å². The van der Waals surface area contributed by atoms with Gasteiger partial charge >= 0.3 is 5.97 Å². The number of ether oxygens (including phenoxy) is 1. The number of hydrogen-bond acceptors (Lipinski definition) is 2. The quantitative estimate of drug-likeness (QED) is 0.929. The Kier molecular flexibility index (Phi) is 5.61. The SMILES string of the molecule is Br.COc1c(F)cccc1C(C)(C)CC(=O)O. The third-order valence-electron chi connectivity index (χ3n) is 2.49. The van der Waals surface area contributed by atoms with Crippen LogP contribution in [0, 0.1) is 5.82 Å². The van der Waals surface area contributed by atoms with E-state index in [0.717, 1.165) is 0 Å². The summed E-state index contributed by atoms with van der Waals surface area (Å²) in [5.74, 6) is -1.27. The number of para-hydroxylation sites is 1. The summed E-state index contributed by atoms with van der Waals surface area (Å²) in [6.45, 7) is 3.50. The van der Waals surface area contributed by atoms with Crippen molar-refractivity contribution in [1.82, 2.24) is 0 Å². The summed E-state index contributed by atoms with van der Waals surface area (Å²) in [7, 11) is 1.37. The minimum Gasteiger partial charge on any atom is -0.493 e. The van der Waals surface area contributed by atoms with Crippen LogP contribution in [0.4, 0.5) is 4.39 Å². The van der Waals surface area contributed by atoms with E-state index in [9.17, 15) is 9.18 Å². The fourth-order valence-electron chi connectivity index (χ4n) is 1.72. The topological polar surface area (TPSA) is 46.5 Å². The summed E-state index contributed by atoms with van der Waals surface area (Å²) in [5, 5.41) is 8.81. The van der Waals surface area contributed by atoms with Gasteiger partial charge in [-0.25, -0.2) is 4.39 Å². The van der Waals surface area contributed by atoms with Crippen LogP contribution >= 0.6 is 17.0 Å². The Morgan fingerprint density at radius 1 is 1.47 bits per heavy atom. The predicted octanol–water partition coefficient (Wildman–Crippen LogP) is 3.16. The molecule has 0 amide bonds. The van der Waals surface area contributed by atoms with Crippen molar-refractivity contribution in [2.24, 2.45) is 0 Å². The van der Waals surface area contributed by atoms with Crippen molar-refractivity contribution in [3.63, 3.8) is 0 Å². The van der Waals surface area contributed by atoms with Crippen molar-refractivity contribution in [2.45, 2.75) is 25.7 Å². The molecule has 0 heterocycles. The van der Waals surface area contributed by atoms with E-state index in [1.165, 1.54) is 13.2 Å². The van der Waals surface area contributed by atoms with E-state index >= 15 is 0 Å². The number of aliphatic carboxylic acids is 1. The maximum Gasteiger partial charge on any atom is 0.304 e. The molecule has 0 aromatic heterocycles. The van der Waals surface area contributed by atoms with Gasteiger partial charge in [-0.3, -0.25) is 4.79 Å². The van der Waals surface area contributed by atoms with Crippen LogP contribution in [-0.4, -0.2) is 18.2 Å². The van der Waals surface area contributed by atoms with Gasteiger partial charge in [-0.15, -0.1) is 17.0 Å². The van der Waals surface area contributed by atoms with Crippen molar-refractivity contribution < 1.29 is 19.0 Å². The molecule has 0 fully saturated rings. The van der Waals surface area contributed by atoms with Crippen LogP contribution in [0.5, 0.6) is 5.75 Å². The van der Waals surface area contributed by atoms with Crippen molar-refractivity contribution >= 4 is 23.0 Å². The number of rotatable bonds is 4. The van der Waals surface area contributed by atoms with Crippen molar-refractivity contribution in [3.05, 3.63) is 29.6 Å². The highest BCUT2D eigenvalue weighted by atomic mass is 79.9. The standard InChI is InChI=1S/C12H15FO3.BrH/c1-12(2,7-10(14)15)8-5-4-6-9(13)11(8)16-3;/h4-6H,7H2,1-3H3,(H,14,15);1H. The Labute approximate surface area is 110 Å². The number of hydrogen-bond donors (Lipinski definition) is 1. The van der Waals surface area contributed by atoms with Gasteiger partial charge in [-0.1, -0.05) is 26.0 Å². The van der Waals surface area contributed by atoms with Crippen LogP contribution < -0.4 is 4.74 Å². The molecule has 0 radical (unpaired) electrons. The Morgan fingerprint density at radius 3 is 2.53 bits per heavy atom. The Bertz CT molecular complexity index is 405. The molecular formula is C12H16BrFO3. The van der Waals surface area contributed by atoms with E-state index in [1.54, 1.807) is 26.0 Å². The Hall–Kier alpha value is -1.10. The van der Waals surface area contributed by atoms with Gasteiger partial charge < -0.3 is 9.84 Å². The number of carboxylic acid groups (broad SMARTS) is 1. The molecule has 5 heteroatoms. The van der Waals surface area contributed by atoms with Gasteiger partial charge in [0.2, 0.25) is 0 Å². The van der Waals surface area contributed by atoms with E-state index in [-0.39, 0.29) is 29.2 Å². The van der Waals surface area contributed by atoms with Crippen molar-refractivity contribution in [2.75, 3.05) is 7.11 Å². The van der Waals surface area contributed by atoms with Gasteiger partial charge in [0.25, 0.3) is 0 Å². The first-order chi connectivity index (χ1) is 7.38. The van der Waals surface area contributed by atoms with E-state index in [0.29, 0.717) is 5.56 Å². The molecular weight excluding hydrogens is 291 g/mol. The first kappa shape index (κ1) is 15.9. The van der Waals surface area contributed by atoms with Gasteiger partial charge in [0.15, 0.2) is 11.6 Å². The van der Waals surface area contributed by atoms with Crippen molar-refractivity contribution in [1.29, 1.82) is 0 Å². The lowest BCUT2D eigenvalue weighted by Crippen LogP contribution is -2.22. The van der Waals surface area contributed by atoms with Gasteiger partial charge in [-0.2, -0.15) is 0 Å². The molecule has 0 aliphatic heterocycles. The molecule has 96 valence electrons. The van der Waals surface area contributed by atoms with Crippen LogP contribution in [0.25, 0.3) is 0 Å². The van der Waals surface area contributed by atoms with Gasteiger partial charge in [0.1, 0.15) is 0 Å². The molecule has 0 saturated heterocycles. The molecule has 0 bridgehead atoms. The predicted molar refractivity (Wildman–Crippen MR) is 68.6 cm³/mol. The molecule has 0 atom stereocenters. The highest BCUT2D eigenvalue weighted by molar-refractivity contribution is 8.93. The number of carbonyl (C=O) groups is 1. The molecule has 1 rings (SSSR count). The molecule has 1 N–H and O–H groups in total. The molecule has 1 aromatic carbocycles. The smallest absolute Gasteiger partial charge is 0.304 e. The van der Waals surface area contributed by atoms with Crippen LogP contribution in [-0.2, 0) is 10.2 Å². The molecule has 0 aliphatic carbocycles. The molecule has 0 aliphatic rings. The lowest BCUT2D eigenvalue weighted by molar-refractivity contribution is -0.138. The Balaban J connectivity index is 0.00000256. The lowest BCUT2D eigenvalue weighted by atomic mass is 9.81. The normalized spacial score (nSPS) is 10.6. The van der Waals surface area contributed by atoms with E-state index in [2.05, 4.69) is 0 Å². The zero-order valence-electron chi connectivity index (χ0n) is 9.99. The highest BCUT2D eigenvalue weighted by Gasteiger charge is 2.28. The average molecular weight is 307 g/mol. The second-order valence-corrected chi connectivity index (χ2v) is 4.28. The monoisotopic (exact) mass is 306 g/mol. The van der Waals surface area contributed by atoms with Crippen LogP contribution in [0.15, 0.2) is 18.2 Å². The van der Waals surface area contributed by atoms with Crippen molar-refractivity contribution in [3.8, 4) is 5.75 Å². The Morgan fingerprint density at radius 2 is 2.06 bits per heavy atom. The fraction of sp³-hybridized carbons (Fsp3) is 0.417. The van der Waals surface area contributed by atoms with Gasteiger partial charge in [-0.05, 0) is 6.07 Å². The largest absolute Gasteiger partial charge is 0.493 e. The van der Waals surface area contributed by atoms with Gasteiger partial charge in [0.05, 0.1) is 13.5 Å². The maximum absolute atomic E-state index is 13.4. The van der Waals surface area contributed by atoms with Crippen LogP contribution in [0.3, 0.4) is 0 Å². The number of halogens is 2. The summed E-state index contributed by atoms with van der Waals surface area (Å²) in [5.41, 5.74) is -0.100. The first-order valence-corrected chi connectivity index (χ1v) is 4.93. The summed E-state index contributed by atoms with van der Waals surface area (Å²) >= 11 is 0. The molecule has 1 aromatic rings. The molecule has 0 saturated carbocycles. The summed E-state index contributed by atoms with van der Waals surface area (Å²) in [6.07, 6.45) is -0.0766. The zero-order chi connectivity index (χ0) is 12.3. The molecule has 17 heavy (non-hydrogen) atoms. The molecule has 3 nitrogen and oxygen atoms in total. The zero-order valence-corrected chi connectivity index (χ0v) is 11.7. The van der Waals surface area contributed by atoms with Crippen LogP contribution in [0.2, 0.25) is 0 Å². The van der Waals surface area contributed by atoms with E-state index < -0.39 is 17.2 Å². The average Bonchev–Trinajstić information content (AvgIpc) is 2.15. The molecule has 0 spiro atoms. The lowest BCUT2D eigenvalue weighted by Gasteiger charge is -2.25. The number of methoxy groups -OCH3 is 1. The third kappa shape index (κ3) is 3.70. The number of benzene rings is 1. The highest BCUT2D eigenvalue weighted by Crippen LogP contribution is 2.35. The van der Waals surface area contributed by atoms with Crippen LogP contribution in [0.1, 0.15) is 25.8 Å². The summed E-state index contributed by atoms with van der Waals surface area (Å²) in [6, 6.07) is 4.53.